The van der Waals surface area contributed by atoms with E-state index in [0.717, 1.165) is 27.0 Å². The molecule has 0 saturated heterocycles. The van der Waals surface area contributed by atoms with Crippen LogP contribution in [-0.4, -0.2) is 9.55 Å². The summed E-state index contributed by atoms with van der Waals surface area (Å²) in [5.74, 6) is 0.734. The summed E-state index contributed by atoms with van der Waals surface area (Å²) in [6, 6.07) is 11.3. The second-order valence-electron chi connectivity index (χ2n) is 4.65. The largest absolute Gasteiger partial charge is 0.294 e. The van der Waals surface area contributed by atoms with E-state index in [4.69, 9.17) is 34.8 Å². The second-order valence-corrected chi connectivity index (χ2v) is 7.06. The number of hydrogen-bond acceptors (Lipinski definition) is 1. The quantitative estimate of drug-likeness (QED) is 0.452. The molecule has 1 aromatic heterocycles. The van der Waals surface area contributed by atoms with Crippen LogP contribution in [0.2, 0.25) is 10.0 Å². The molecule has 0 aliphatic rings. The van der Waals surface area contributed by atoms with Gasteiger partial charge in [0.05, 0.1) is 27.1 Å². The van der Waals surface area contributed by atoms with Gasteiger partial charge in [0.2, 0.25) is 0 Å². The first-order chi connectivity index (χ1) is 9.97. The van der Waals surface area contributed by atoms with E-state index in [1.807, 2.05) is 47.9 Å². The molecule has 0 N–H and O–H groups in total. The Kier molecular flexibility index (Phi) is 4.19. The normalized spacial score (nSPS) is 12.8. The van der Waals surface area contributed by atoms with Crippen LogP contribution >= 0.6 is 50.7 Å². The molecule has 2 aromatic carbocycles. The molecule has 0 radical (unpaired) electrons. The van der Waals surface area contributed by atoms with E-state index in [1.54, 1.807) is 0 Å². The number of fused-ring (bicyclic) bond motifs is 1. The van der Waals surface area contributed by atoms with Gasteiger partial charge in [0.25, 0.3) is 0 Å². The summed E-state index contributed by atoms with van der Waals surface area (Å²) in [5, 5.41) is 1.01. The van der Waals surface area contributed by atoms with Crippen molar-refractivity contribution in [3.8, 4) is 5.69 Å². The van der Waals surface area contributed by atoms with E-state index < -0.39 is 0 Å². The third-order valence-electron chi connectivity index (χ3n) is 3.15. The minimum atomic E-state index is -0.254. The predicted molar refractivity (Wildman–Crippen MR) is 93.1 cm³/mol. The highest BCUT2D eigenvalue weighted by Crippen LogP contribution is 2.33. The highest BCUT2D eigenvalue weighted by Gasteiger charge is 2.18. The van der Waals surface area contributed by atoms with Crippen molar-refractivity contribution in [1.82, 2.24) is 9.55 Å². The molecule has 1 unspecified atom stereocenters. The monoisotopic (exact) mass is 402 g/mol. The number of benzene rings is 2. The Balaban J connectivity index is 2.36. The molecule has 21 heavy (non-hydrogen) atoms. The molecule has 0 fully saturated rings. The fraction of sp³-hybridized carbons (Fsp3) is 0.133. The molecule has 0 saturated carbocycles. The molecular formula is C15H10BrCl3N2. The van der Waals surface area contributed by atoms with E-state index in [2.05, 4.69) is 20.9 Å². The van der Waals surface area contributed by atoms with Gasteiger partial charge in [-0.3, -0.25) is 4.57 Å². The van der Waals surface area contributed by atoms with E-state index in [9.17, 15) is 0 Å². The molecule has 0 bridgehead atoms. The zero-order chi connectivity index (χ0) is 15.1. The van der Waals surface area contributed by atoms with Crippen LogP contribution in [-0.2, 0) is 0 Å². The first-order valence-electron chi connectivity index (χ1n) is 6.25. The van der Waals surface area contributed by atoms with Crippen LogP contribution in [0.5, 0.6) is 0 Å². The highest BCUT2D eigenvalue weighted by atomic mass is 79.9. The Morgan fingerprint density at radius 3 is 2.57 bits per heavy atom. The Morgan fingerprint density at radius 2 is 1.90 bits per heavy atom. The number of hydrogen-bond donors (Lipinski definition) is 0. The van der Waals surface area contributed by atoms with Crippen LogP contribution in [0.1, 0.15) is 18.1 Å². The van der Waals surface area contributed by atoms with E-state index in [0.29, 0.717) is 10.0 Å². The summed E-state index contributed by atoms with van der Waals surface area (Å²) in [5.41, 5.74) is 2.56. The summed E-state index contributed by atoms with van der Waals surface area (Å²) in [7, 11) is 0. The maximum absolute atomic E-state index is 6.38. The summed E-state index contributed by atoms with van der Waals surface area (Å²) in [4.78, 5) is 4.59. The Bertz CT molecular complexity index is 827. The predicted octanol–water partition coefficient (Wildman–Crippen LogP) is 6.39. The van der Waals surface area contributed by atoms with E-state index >= 15 is 0 Å². The molecule has 1 heterocycles. The first kappa shape index (κ1) is 15.2. The third-order valence-corrected chi connectivity index (χ3v) is 4.38. The molecule has 0 aliphatic heterocycles. The summed E-state index contributed by atoms with van der Waals surface area (Å²) < 4.78 is 2.89. The van der Waals surface area contributed by atoms with Crippen molar-refractivity contribution in [3.05, 3.63) is 56.7 Å². The molecule has 1 atom stereocenters. The van der Waals surface area contributed by atoms with Gasteiger partial charge in [0.15, 0.2) is 0 Å². The lowest BCUT2D eigenvalue weighted by Gasteiger charge is -2.12. The number of halogens is 4. The van der Waals surface area contributed by atoms with Crippen LogP contribution in [0.4, 0.5) is 0 Å². The zero-order valence-corrected chi connectivity index (χ0v) is 14.8. The van der Waals surface area contributed by atoms with Gasteiger partial charge in [0.1, 0.15) is 5.82 Å². The second kappa shape index (κ2) is 5.81. The Labute approximate surface area is 145 Å². The molecular weight excluding hydrogens is 394 g/mol. The summed E-state index contributed by atoms with van der Waals surface area (Å²) in [6.07, 6.45) is 0. The van der Waals surface area contributed by atoms with Gasteiger partial charge >= 0.3 is 0 Å². The van der Waals surface area contributed by atoms with Crippen molar-refractivity contribution in [2.75, 3.05) is 0 Å². The van der Waals surface area contributed by atoms with Crippen LogP contribution in [0.15, 0.2) is 40.9 Å². The lowest BCUT2D eigenvalue weighted by atomic mass is 10.2. The molecule has 0 amide bonds. The van der Waals surface area contributed by atoms with Crippen LogP contribution in [0.3, 0.4) is 0 Å². The first-order valence-corrected chi connectivity index (χ1v) is 8.23. The number of imidazole rings is 1. The summed E-state index contributed by atoms with van der Waals surface area (Å²) >= 11 is 22.1. The minimum Gasteiger partial charge on any atom is -0.294 e. The minimum absolute atomic E-state index is 0.254. The molecule has 108 valence electrons. The van der Waals surface area contributed by atoms with Gasteiger partial charge in [-0.2, -0.15) is 0 Å². The standard InChI is InChI=1S/C15H10BrCl3N2/c1-8(17)15-20-12-7-10(18)3-5-14(12)21(15)13-4-2-9(16)6-11(13)19/h2-8H,1H3. The third kappa shape index (κ3) is 2.80. The van der Waals surface area contributed by atoms with Crippen LogP contribution in [0, 0.1) is 0 Å². The fourth-order valence-corrected chi connectivity index (χ4v) is 3.33. The van der Waals surface area contributed by atoms with Gasteiger partial charge in [-0.15, -0.1) is 11.6 Å². The lowest BCUT2D eigenvalue weighted by molar-refractivity contribution is 0.882. The maximum atomic E-state index is 6.38. The van der Waals surface area contributed by atoms with Crippen molar-refractivity contribution in [2.45, 2.75) is 12.3 Å². The van der Waals surface area contributed by atoms with Crippen LogP contribution in [0.25, 0.3) is 16.7 Å². The number of aromatic nitrogens is 2. The highest BCUT2D eigenvalue weighted by molar-refractivity contribution is 9.10. The molecule has 3 rings (SSSR count). The van der Waals surface area contributed by atoms with Gasteiger partial charge < -0.3 is 0 Å². The summed E-state index contributed by atoms with van der Waals surface area (Å²) in [6.45, 7) is 1.88. The molecule has 0 spiro atoms. The number of alkyl halides is 1. The molecule has 3 aromatic rings. The lowest BCUT2D eigenvalue weighted by Crippen LogP contribution is -2.02. The Hall–Kier alpha value is -0.740. The SMILES string of the molecule is CC(Cl)c1nc2cc(Cl)ccc2n1-c1ccc(Br)cc1Cl. The smallest absolute Gasteiger partial charge is 0.132 e. The van der Waals surface area contributed by atoms with Gasteiger partial charge in [-0.05, 0) is 43.3 Å². The van der Waals surface area contributed by atoms with Crippen molar-refractivity contribution in [2.24, 2.45) is 0 Å². The topological polar surface area (TPSA) is 17.8 Å². The van der Waals surface area contributed by atoms with Crippen molar-refractivity contribution >= 4 is 61.8 Å². The number of rotatable bonds is 2. The maximum Gasteiger partial charge on any atom is 0.132 e. The van der Waals surface area contributed by atoms with Crippen molar-refractivity contribution in [3.63, 3.8) is 0 Å². The molecule has 0 aliphatic carbocycles. The molecule has 2 nitrogen and oxygen atoms in total. The van der Waals surface area contributed by atoms with E-state index in [-0.39, 0.29) is 5.38 Å². The van der Waals surface area contributed by atoms with Crippen LogP contribution < -0.4 is 0 Å². The van der Waals surface area contributed by atoms with Crippen molar-refractivity contribution in [1.29, 1.82) is 0 Å². The Morgan fingerprint density at radius 1 is 1.14 bits per heavy atom. The zero-order valence-electron chi connectivity index (χ0n) is 10.9. The average molecular weight is 405 g/mol. The average Bonchev–Trinajstić information content (AvgIpc) is 2.77. The fourth-order valence-electron chi connectivity index (χ4n) is 2.25. The molecule has 6 heteroatoms. The van der Waals surface area contributed by atoms with Crippen molar-refractivity contribution < 1.29 is 0 Å². The van der Waals surface area contributed by atoms with Gasteiger partial charge in [-0.25, -0.2) is 4.98 Å². The number of nitrogens with zero attached hydrogens (tertiary/aromatic N) is 2. The van der Waals surface area contributed by atoms with Gasteiger partial charge in [0, 0.05) is 9.50 Å². The van der Waals surface area contributed by atoms with Gasteiger partial charge in [-0.1, -0.05) is 39.1 Å². The van der Waals surface area contributed by atoms with E-state index in [1.165, 1.54) is 0 Å².